The molecule has 1 amide bonds. The van der Waals surface area contributed by atoms with Crippen LogP contribution in [0.25, 0.3) is 22.0 Å². The normalized spacial score (nSPS) is 16.7. The van der Waals surface area contributed by atoms with Gasteiger partial charge in [0.05, 0.1) is 17.4 Å². The molecule has 1 aliphatic rings. The van der Waals surface area contributed by atoms with Gasteiger partial charge in [-0.25, -0.2) is 19.7 Å². The molecule has 3 atom stereocenters. The number of pyridine rings is 1. The van der Waals surface area contributed by atoms with Crippen LogP contribution in [0.1, 0.15) is 53.0 Å². The molecule has 1 saturated heterocycles. The van der Waals surface area contributed by atoms with Gasteiger partial charge < -0.3 is 30.1 Å². The summed E-state index contributed by atoms with van der Waals surface area (Å²) in [5.41, 5.74) is 2.73. The van der Waals surface area contributed by atoms with Crippen molar-refractivity contribution in [3.8, 4) is 22.9 Å². The van der Waals surface area contributed by atoms with Gasteiger partial charge in [0.2, 0.25) is 11.8 Å². The second kappa shape index (κ2) is 13.1. The highest BCUT2D eigenvalue weighted by Gasteiger charge is 2.28. The maximum Gasteiger partial charge on any atom is 0.410 e. The summed E-state index contributed by atoms with van der Waals surface area (Å²) < 4.78 is 12.1. The molecule has 2 aromatic heterocycles. The van der Waals surface area contributed by atoms with Crippen molar-refractivity contribution in [2.24, 2.45) is 0 Å². The second-order valence-electron chi connectivity index (χ2n) is 12.4. The van der Waals surface area contributed by atoms with E-state index in [1.165, 1.54) is 0 Å². The van der Waals surface area contributed by atoms with Crippen LogP contribution in [0.15, 0.2) is 60.9 Å². The molecule has 5 rings (SSSR count). The van der Waals surface area contributed by atoms with Crippen LogP contribution >= 0.6 is 0 Å². The molecule has 3 heterocycles. The number of rotatable bonds is 8. The number of amides is 1. The Bertz CT molecular complexity index is 1620. The number of nitrogens with one attached hydrogen (secondary N) is 2. The van der Waals surface area contributed by atoms with Crippen molar-refractivity contribution in [3.05, 3.63) is 66.5 Å². The Labute approximate surface area is 258 Å². The van der Waals surface area contributed by atoms with Crippen molar-refractivity contribution >= 4 is 28.5 Å². The molecule has 0 unspecified atom stereocenters. The fourth-order valence-electron chi connectivity index (χ4n) is 5.18. The minimum Gasteiger partial charge on any atom is -0.444 e. The zero-order valence-corrected chi connectivity index (χ0v) is 26.3. The van der Waals surface area contributed by atoms with Gasteiger partial charge in [-0.05, 0) is 84.2 Å². The summed E-state index contributed by atoms with van der Waals surface area (Å²) in [4.78, 5) is 28.2. The van der Waals surface area contributed by atoms with E-state index < -0.39 is 11.7 Å². The second-order valence-corrected chi connectivity index (χ2v) is 12.4. The predicted molar refractivity (Wildman–Crippen MR) is 173 cm³/mol. The molecule has 0 radical (unpaired) electrons. The first-order valence-corrected chi connectivity index (χ1v) is 15.2. The van der Waals surface area contributed by atoms with Crippen molar-refractivity contribution in [3.63, 3.8) is 0 Å². The first kappa shape index (κ1) is 31.0. The Morgan fingerprint density at radius 1 is 1.05 bits per heavy atom. The molecule has 232 valence electrons. The maximum atomic E-state index is 12.6. The van der Waals surface area contributed by atoms with Gasteiger partial charge in [-0.2, -0.15) is 0 Å². The highest BCUT2D eigenvalue weighted by molar-refractivity contribution is 5.98. The van der Waals surface area contributed by atoms with Gasteiger partial charge in [0.15, 0.2) is 0 Å². The zero-order valence-electron chi connectivity index (χ0n) is 26.3. The smallest absolute Gasteiger partial charge is 0.410 e. The molecular weight excluding hydrogens is 556 g/mol. The monoisotopic (exact) mass is 598 g/mol. The minimum atomic E-state index is -0.542. The summed E-state index contributed by atoms with van der Waals surface area (Å²) in [7, 11) is 0. The van der Waals surface area contributed by atoms with Crippen LogP contribution in [0.2, 0.25) is 0 Å². The number of hydrogen-bond donors (Lipinski definition) is 3. The van der Waals surface area contributed by atoms with Crippen LogP contribution in [0.3, 0.4) is 0 Å². The molecule has 0 bridgehead atoms. The van der Waals surface area contributed by atoms with E-state index in [9.17, 15) is 9.90 Å². The summed E-state index contributed by atoms with van der Waals surface area (Å²) in [5, 5.41) is 18.8. The lowest BCUT2D eigenvalue weighted by molar-refractivity contribution is 0.0206. The van der Waals surface area contributed by atoms with E-state index in [2.05, 4.69) is 26.7 Å². The van der Waals surface area contributed by atoms with Gasteiger partial charge in [0.25, 0.3) is 0 Å². The molecule has 3 N–H and O–H groups in total. The topological polar surface area (TPSA) is 122 Å². The quantitative estimate of drug-likeness (QED) is 0.201. The number of aryl methyl sites for hydroxylation is 1. The fraction of sp³-hybridized carbons (Fsp3) is 0.412. The third kappa shape index (κ3) is 7.37. The number of nitrogens with zero attached hydrogens (tertiary/aromatic N) is 4. The Morgan fingerprint density at radius 3 is 2.64 bits per heavy atom. The van der Waals surface area contributed by atoms with Crippen molar-refractivity contribution in [1.82, 2.24) is 19.9 Å². The van der Waals surface area contributed by atoms with Crippen molar-refractivity contribution < 1.29 is 19.4 Å². The standard InChI is InChI=1S/C34H42N6O4/c1-21-14-15-25-26(11-7-13-28(25)37-22(2)23(3)41)30(21)43-31-27(12-8-17-35-31)29-16-18-36-32(39-29)38-24-10-9-19-40(20-24)33(42)44-34(4,5)6/h7-8,11-18,22-24,37,41H,9-10,19-20H2,1-6H3,(H,36,38,39)/t22-,23-,24+/m1/s1. The zero-order chi connectivity index (χ0) is 31.4. The maximum absolute atomic E-state index is 12.6. The number of likely N-dealkylation sites (tertiary alicyclic amines) is 1. The molecular formula is C34H42N6O4. The van der Waals surface area contributed by atoms with Crippen LogP contribution in [0.5, 0.6) is 11.6 Å². The number of carbonyl (C=O) groups is 1. The van der Waals surface area contributed by atoms with Crippen LogP contribution in [-0.4, -0.2) is 67.9 Å². The fourth-order valence-corrected chi connectivity index (χ4v) is 5.18. The highest BCUT2D eigenvalue weighted by Crippen LogP contribution is 2.38. The van der Waals surface area contributed by atoms with Crippen LogP contribution in [0.4, 0.5) is 16.4 Å². The van der Waals surface area contributed by atoms with Crippen molar-refractivity contribution in [2.75, 3.05) is 23.7 Å². The third-order valence-corrected chi connectivity index (χ3v) is 7.62. The third-order valence-electron chi connectivity index (χ3n) is 7.62. The van der Waals surface area contributed by atoms with Gasteiger partial charge in [0.1, 0.15) is 11.4 Å². The summed E-state index contributed by atoms with van der Waals surface area (Å²) in [6.45, 7) is 12.5. The molecule has 44 heavy (non-hydrogen) atoms. The number of piperidine rings is 1. The molecule has 2 aromatic carbocycles. The van der Waals surface area contributed by atoms with Crippen LogP contribution < -0.4 is 15.4 Å². The van der Waals surface area contributed by atoms with E-state index in [0.29, 0.717) is 36.4 Å². The highest BCUT2D eigenvalue weighted by atomic mass is 16.6. The first-order chi connectivity index (χ1) is 21.0. The van der Waals surface area contributed by atoms with Crippen LogP contribution in [0, 0.1) is 6.92 Å². The summed E-state index contributed by atoms with van der Waals surface area (Å²) in [6, 6.07) is 15.6. The van der Waals surface area contributed by atoms with E-state index in [1.54, 1.807) is 24.2 Å². The molecule has 10 nitrogen and oxygen atoms in total. The Morgan fingerprint density at radius 2 is 1.86 bits per heavy atom. The lowest BCUT2D eigenvalue weighted by atomic mass is 10.0. The van der Waals surface area contributed by atoms with Crippen molar-refractivity contribution in [1.29, 1.82) is 0 Å². The van der Waals surface area contributed by atoms with E-state index in [0.717, 1.165) is 40.4 Å². The van der Waals surface area contributed by atoms with E-state index >= 15 is 0 Å². The summed E-state index contributed by atoms with van der Waals surface area (Å²) in [6.07, 6.45) is 4.35. The number of fused-ring (bicyclic) bond motifs is 1. The molecule has 0 saturated carbocycles. The number of aliphatic hydroxyl groups is 1. The summed E-state index contributed by atoms with van der Waals surface area (Å²) in [5.74, 6) is 1.60. The first-order valence-electron chi connectivity index (χ1n) is 15.2. The molecule has 4 aromatic rings. The van der Waals surface area contributed by atoms with Gasteiger partial charge >= 0.3 is 6.09 Å². The number of ether oxygens (including phenoxy) is 2. The number of benzene rings is 2. The Kier molecular flexibility index (Phi) is 9.20. The molecule has 0 aliphatic carbocycles. The number of aliphatic hydroxyl groups excluding tert-OH is 1. The van der Waals surface area contributed by atoms with Gasteiger partial charge in [-0.3, -0.25) is 0 Å². The van der Waals surface area contributed by atoms with E-state index in [4.69, 9.17) is 14.5 Å². The van der Waals surface area contributed by atoms with E-state index in [1.807, 2.05) is 77.1 Å². The number of hydrogen-bond acceptors (Lipinski definition) is 9. The largest absolute Gasteiger partial charge is 0.444 e. The minimum absolute atomic E-state index is 0.00573. The lowest BCUT2D eigenvalue weighted by Gasteiger charge is -2.34. The SMILES string of the molecule is Cc1ccc2c(N[C@H](C)[C@@H](C)O)cccc2c1Oc1ncccc1-c1ccnc(N[C@H]2CCCN(C(=O)OC(C)(C)C)C2)n1. The predicted octanol–water partition coefficient (Wildman–Crippen LogP) is 6.79. The van der Waals surface area contributed by atoms with E-state index in [-0.39, 0.29) is 18.2 Å². The van der Waals surface area contributed by atoms with Gasteiger partial charge in [-0.1, -0.05) is 24.3 Å². The molecule has 1 fully saturated rings. The molecule has 10 heteroatoms. The number of carbonyl (C=O) groups excluding carboxylic acids is 1. The number of aromatic nitrogens is 3. The average Bonchev–Trinajstić information content (AvgIpc) is 2.98. The summed E-state index contributed by atoms with van der Waals surface area (Å²) >= 11 is 0. The van der Waals surface area contributed by atoms with Crippen LogP contribution in [-0.2, 0) is 4.74 Å². The van der Waals surface area contributed by atoms with Crippen molar-refractivity contribution in [2.45, 2.75) is 78.2 Å². The van der Waals surface area contributed by atoms with Gasteiger partial charge in [-0.15, -0.1) is 0 Å². The number of anilines is 2. The Hall–Kier alpha value is -4.44. The van der Waals surface area contributed by atoms with Gasteiger partial charge in [0, 0.05) is 54.0 Å². The lowest BCUT2D eigenvalue weighted by Crippen LogP contribution is -2.47. The molecule has 0 spiro atoms. The Balaban J connectivity index is 1.39. The average molecular weight is 599 g/mol. The molecule has 1 aliphatic heterocycles.